The molecule has 0 spiro atoms. The first-order valence-electron chi connectivity index (χ1n) is 9.95. The standard InChI is InChI=1S/C22H28N2OS/c25-22(23-20-5-1-2-6-20)21-7-3-4-13-24(21)15-17-8-10-18(11-9-17)19-12-14-26-16-19/h8-12,14,16,20-21H,1-7,13,15H2,(H,23,25). The third-order valence-corrected chi connectivity index (χ3v) is 6.50. The van der Waals surface area contributed by atoms with Gasteiger partial charge in [-0.05, 0) is 65.7 Å². The fraction of sp³-hybridized carbons (Fsp3) is 0.500. The van der Waals surface area contributed by atoms with Gasteiger partial charge in [0.15, 0.2) is 0 Å². The van der Waals surface area contributed by atoms with Gasteiger partial charge >= 0.3 is 0 Å². The molecule has 4 rings (SSSR count). The zero-order valence-electron chi connectivity index (χ0n) is 15.3. The van der Waals surface area contributed by atoms with Crippen LogP contribution in [0.5, 0.6) is 0 Å². The van der Waals surface area contributed by atoms with Crippen molar-refractivity contribution in [3.63, 3.8) is 0 Å². The molecule has 1 aliphatic carbocycles. The predicted molar refractivity (Wildman–Crippen MR) is 108 cm³/mol. The summed E-state index contributed by atoms with van der Waals surface area (Å²) in [7, 11) is 0. The van der Waals surface area contributed by atoms with Gasteiger partial charge in [0.25, 0.3) is 0 Å². The van der Waals surface area contributed by atoms with Crippen LogP contribution < -0.4 is 5.32 Å². The van der Waals surface area contributed by atoms with Gasteiger partial charge in [-0.3, -0.25) is 9.69 Å². The zero-order valence-corrected chi connectivity index (χ0v) is 16.1. The Bertz CT molecular complexity index is 704. The highest BCUT2D eigenvalue weighted by Crippen LogP contribution is 2.25. The second kappa shape index (κ2) is 8.36. The van der Waals surface area contributed by atoms with Gasteiger partial charge in [-0.2, -0.15) is 11.3 Å². The minimum Gasteiger partial charge on any atom is -0.352 e. The molecule has 2 aliphatic rings. The van der Waals surface area contributed by atoms with Crippen LogP contribution in [0, 0.1) is 0 Å². The third kappa shape index (κ3) is 4.18. The lowest BCUT2D eigenvalue weighted by Crippen LogP contribution is -2.50. The fourth-order valence-corrected chi connectivity index (χ4v) is 4.98. The molecule has 26 heavy (non-hydrogen) atoms. The number of carbonyl (C=O) groups is 1. The van der Waals surface area contributed by atoms with Gasteiger partial charge in [-0.25, -0.2) is 0 Å². The van der Waals surface area contributed by atoms with E-state index < -0.39 is 0 Å². The molecular formula is C22H28N2OS. The molecule has 1 aromatic carbocycles. The molecule has 2 fully saturated rings. The Hall–Kier alpha value is -1.65. The Kier molecular flexibility index (Phi) is 5.71. The van der Waals surface area contributed by atoms with Crippen molar-refractivity contribution in [1.29, 1.82) is 0 Å². The van der Waals surface area contributed by atoms with E-state index in [1.54, 1.807) is 11.3 Å². The van der Waals surface area contributed by atoms with E-state index in [9.17, 15) is 4.79 Å². The van der Waals surface area contributed by atoms with Gasteiger partial charge < -0.3 is 5.32 Å². The lowest BCUT2D eigenvalue weighted by molar-refractivity contribution is -0.128. The Balaban J connectivity index is 1.40. The maximum atomic E-state index is 12.8. The highest BCUT2D eigenvalue weighted by atomic mass is 32.1. The van der Waals surface area contributed by atoms with Crippen LogP contribution in [0.1, 0.15) is 50.5 Å². The van der Waals surface area contributed by atoms with Gasteiger partial charge in [-0.15, -0.1) is 0 Å². The van der Waals surface area contributed by atoms with E-state index >= 15 is 0 Å². The minimum atomic E-state index is 0.0425. The van der Waals surface area contributed by atoms with Gasteiger partial charge in [0.05, 0.1) is 6.04 Å². The normalized spacial score (nSPS) is 21.8. The smallest absolute Gasteiger partial charge is 0.237 e. The van der Waals surface area contributed by atoms with Crippen molar-refractivity contribution in [3.05, 3.63) is 46.7 Å². The molecule has 1 unspecified atom stereocenters. The highest BCUT2D eigenvalue weighted by molar-refractivity contribution is 7.08. The van der Waals surface area contributed by atoms with Crippen LogP contribution in [-0.2, 0) is 11.3 Å². The third-order valence-electron chi connectivity index (χ3n) is 5.81. The van der Waals surface area contributed by atoms with Crippen LogP contribution in [0.2, 0.25) is 0 Å². The molecule has 0 radical (unpaired) electrons. The van der Waals surface area contributed by atoms with Crippen LogP contribution in [0.4, 0.5) is 0 Å². The van der Waals surface area contributed by atoms with E-state index in [0.29, 0.717) is 6.04 Å². The van der Waals surface area contributed by atoms with Crippen molar-refractivity contribution in [2.45, 2.75) is 63.6 Å². The van der Waals surface area contributed by atoms with E-state index in [4.69, 9.17) is 0 Å². The highest BCUT2D eigenvalue weighted by Gasteiger charge is 2.30. The van der Waals surface area contributed by atoms with Crippen LogP contribution in [0.25, 0.3) is 11.1 Å². The number of likely N-dealkylation sites (tertiary alicyclic amines) is 1. The molecule has 1 atom stereocenters. The largest absolute Gasteiger partial charge is 0.352 e. The minimum absolute atomic E-state index is 0.0425. The summed E-state index contributed by atoms with van der Waals surface area (Å²) < 4.78 is 0. The summed E-state index contributed by atoms with van der Waals surface area (Å²) in [5.41, 5.74) is 3.85. The molecular weight excluding hydrogens is 340 g/mol. The summed E-state index contributed by atoms with van der Waals surface area (Å²) in [4.78, 5) is 15.2. The molecule has 1 aliphatic heterocycles. The van der Waals surface area contributed by atoms with Crippen LogP contribution in [0.3, 0.4) is 0 Å². The Morgan fingerprint density at radius 2 is 1.77 bits per heavy atom. The molecule has 2 aromatic rings. The average Bonchev–Trinajstić information content (AvgIpc) is 3.37. The number of thiophene rings is 1. The molecule has 1 saturated carbocycles. The number of hydrogen-bond donors (Lipinski definition) is 1. The van der Waals surface area contributed by atoms with E-state index in [0.717, 1.165) is 38.8 Å². The molecule has 4 heteroatoms. The summed E-state index contributed by atoms with van der Waals surface area (Å²) in [6.45, 7) is 1.89. The van der Waals surface area contributed by atoms with Crippen molar-refractivity contribution in [2.24, 2.45) is 0 Å². The quantitative estimate of drug-likeness (QED) is 0.820. The van der Waals surface area contributed by atoms with E-state index in [-0.39, 0.29) is 11.9 Å². The van der Waals surface area contributed by atoms with Crippen molar-refractivity contribution in [1.82, 2.24) is 10.2 Å². The topological polar surface area (TPSA) is 32.3 Å². The van der Waals surface area contributed by atoms with Crippen LogP contribution >= 0.6 is 11.3 Å². The van der Waals surface area contributed by atoms with Crippen molar-refractivity contribution in [2.75, 3.05) is 6.54 Å². The summed E-state index contributed by atoms with van der Waals surface area (Å²) in [6.07, 6.45) is 8.18. The second-order valence-corrected chi connectivity index (χ2v) is 8.46. The van der Waals surface area contributed by atoms with Crippen LogP contribution in [0.15, 0.2) is 41.1 Å². The maximum absolute atomic E-state index is 12.8. The van der Waals surface area contributed by atoms with Gasteiger partial charge in [0, 0.05) is 12.6 Å². The number of amides is 1. The number of nitrogens with one attached hydrogen (secondary N) is 1. The lowest BCUT2D eigenvalue weighted by atomic mass is 9.99. The number of nitrogens with zero attached hydrogens (tertiary/aromatic N) is 1. The van der Waals surface area contributed by atoms with Gasteiger partial charge in [0.2, 0.25) is 5.91 Å². The first kappa shape index (κ1) is 17.7. The van der Waals surface area contributed by atoms with Crippen molar-refractivity contribution < 1.29 is 4.79 Å². The van der Waals surface area contributed by atoms with Gasteiger partial charge in [-0.1, -0.05) is 43.5 Å². The molecule has 1 amide bonds. The first-order valence-corrected chi connectivity index (χ1v) is 10.9. The number of rotatable bonds is 5. The van der Waals surface area contributed by atoms with Gasteiger partial charge in [0.1, 0.15) is 0 Å². The molecule has 138 valence electrons. The molecule has 1 saturated heterocycles. The lowest BCUT2D eigenvalue weighted by Gasteiger charge is -2.35. The molecule has 3 nitrogen and oxygen atoms in total. The molecule has 2 heterocycles. The summed E-state index contributed by atoms with van der Waals surface area (Å²) in [5.74, 6) is 0.256. The average molecular weight is 369 g/mol. The Labute approximate surface area is 160 Å². The summed E-state index contributed by atoms with van der Waals surface area (Å²) in [6, 6.07) is 11.5. The molecule has 0 bridgehead atoms. The Morgan fingerprint density at radius 3 is 2.50 bits per heavy atom. The predicted octanol–water partition coefficient (Wildman–Crippen LogP) is 4.83. The van der Waals surface area contributed by atoms with Crippen molar-refractivity contribution >= 4 is 17.2 Å². The SMILES string of the molecule is O=C(NC1CCCC1)C1CCCCN1Cc1ccc(-c2ccsc2)cc1. The summed E-state index contributed by atoms with van der Waals surface area (Å²) in [5, 5.41) is 7.61. The number of hydrogen-bond acceptors (Lipinski definition) is 3. The molecule has 1 N–H and O–H groups in total. The molecule has 1 aromatic heterocycles. The maximum Gasteiger partial charge on any atom is 0.237 e. The Morgan fingerprint density at radius 1 is 1.00 bits per heavy atom. The van der Waals surface area contributed by atoms with E-state index in [1.165, 1.54) is 36.0 Å². The monoisotopic (exact) mass is 368 g/mol. The van der Waals surface area contributed by atoms with E-state index in [2.05, 4.69) is 51.3 Å². The zero-order chi connectivity index (χ0) is 17.8. The first-order chi connectivity index (χ1) is 12.8. The second-order valence-electron chi connectivity index (χ2n) is 7.68. The number of piperidine rings is 1. The summed E-state index contributed by atoms with van der Waals surface area (Å²) >= 11 is 1.73. The van der Waals surface area contributed by atoms with Crippen molar-refractivity contribution in [3.8, 4) is 11.1 Å². The van der Waals surface area contributed by atoms with Crippen LogP contribution in [-0.4, -0.2) is 29.4 Å². The number of benzene rings is 1. The van der Waals surface area contributed by atoms with E-state index in [1.807, 2.05) is 0 Å². The fourth-order valence-electron chi connectivity index (χ4n) is 4.31. The number of carbonyl (C=O) groups excluding carboxylic acids is 1.